The summed E-state index contributed by atoms with van der Waals surface area (Å²) >= 11 is 5.75. The Bertz CT molecular complexity index is 540. The number of hydrogen-bond donors (Lipinski definition) is 2. The summed E-state index contributed by atoms with van der Waals surface area (Å²) in [6, 6.07) is 4.81. The van der Waals surface area contributed by atoms with Crippen LogP contribution in [0.1, 0.15) is 12.5 Å². The van der Waals surface area contributed by atoms with Crippen molar-refractivity contribution in [3.8, 4) is 6.07 Å². The summed E-state index contributed by atoms with van der Waals surface area (Å²) in [4.78, 5) is 22.9. The van der Waals surface area contributed by atoms with Crippen molar-refractivity contribution in [2.45, 2.75) is 13.0 Å². The predicted molar refractivity (Wildman–Crippen MR) is 69.4 cm³/mol. The van der Waals surface area contributed by atoms with Crippen molar-refractivity contribution in [1.29, 1.82) is 5.26 Å². The molecule has 1 unspecified atom stereocenters. The van der Waals surface area contributed by atoms with Gasteiger partial charge in [0, 0.05) is 5.69 Å². The van der Waals surface area contributed by atoms with Crippen LogP contribution in [0.2, 0.25) is 5.02 Å². The van der Waals surface area contributed by atoms with Crippen LogP contribution in [0.15, 0.2) is 18.2 Å². The number of esters is 1. The van der Waals surface area contributed by atoms with Gasteiger partial charge in [0.15, 0.2) is 6.04 Å². The number of nitrogens with two attached hydrogens (primary N) is 1. The van der Waals surface area contributed by atoms with Crippen molar-refractivity contribution in [3.63, 3.8) is 0 Å². The molecule has 0 bridgehead atoms. The van der Waals surface area contributed by atoms with E-state index in [2.05, 4.69) is 10.1 Å². The zero-order valence-corrected chi connectivity index (χ0v) is 10.9. The van der Waals surface area contributed by atoms with Gasteiger partial charge in [-0.1, -0.05) is 11.6 Å². The predicted octanol–water partition coefficient (Wildman–Crippen LogP) is 1.04. The van der Waals surface area contributed by atoms with Gasteiger partial charge in [0.1, 0.15) is 6.07 Å². The highest BCUT2D eigenvalue weighted by Gasteiger charge is 2.23. The molecule has 0 spiro atoms. The summed E-state index contributed by atoms with van der Waals surface area (Å²) in [5, 5.41) is 11.5. The molecule has 0 aliphatic rings. The van der Waals surface area contributed by atoms with Gasteiger partial charge in [-0.3, -0.25) is 4.79 Å². The second-order valence-electron chi connectivity index (χ2n) is 3.53. The topological polar surface area (TPSA) is 105 Å². The average molecular weight is 282 g/mol. The zero-order chi connectivity index (χ0) is 14.4. The van der Waals surface area contributed by atoms with Gasteiger partial charge in [0.05, 0.1) is 17.2 Å². The highest BCUT2D eigenvalue weighted by atomic mass is 35.5. The number of halogens is 1. The number of carbonyl (C=O) groups is 2. The van der Waals surface area contributed by atoms with Crippen LogP contribution in [-0.2, 0) is 14.3 Å². The lowest BCUT2D eigenvalue weighted by Gasteiger charge is -2.11. The van der Waals surface area contributed by atoms with Crippen LogP contribution in [0.4, 0.5) is 5.69 Å². The van der Waals surface area contributed by atoms with E-state index in [1.54, 1.807) is 6.92 Å². The van der Waals surface area contributed by atoms with Crippen molar-refractivity contribution < 1.29 is 14.3 Å². The third kappa shape index (κ3) is 3.95. The smallest absolute Gasteiger partial charge is 0.332 e. The fourth-order valence-electron chi connectivity index (χ4n) is 1.25. The zero-order valence-electron chi connectivity index (χ0n) is 10.1. The first kappa shape index (κ1) is 15.0. The fourth-order valence-corrected chi connectivity index (χ4v) is 1.41. The Balaban J connectivity index is 2.77. The molecule has 0 aromatic heterocycles. The molecule has 0 saturated carbocycles. The number of nitriles is 1. The standard InChI is InChI=1S/C12H12ClN3O3/c1-2-19-12(18)10(15)11(17)16-8-3-4-9(13)7(5-8)6-14/h3-5,10H,2,15H2,1H3,(H,16,17). The maximum atomic E-state index is 11.7. The third-order valence-corrected chi connectivity index (χ3v) is 2.51. The maximum absolute atomic E-state index is 11.7. The second kappa shape index (κ2) is 6.73. The molecule has 1 aromatic carbocycles. The molecule has 1 amide bonds. The van der Waals surface area contributed by atoms with Crippen LogP contribution >= 0.6 is 11.6 Å². The number of nitrogens with one attached hydrogen (secondary N) is 1. The van der Waals surface area contributed by atoms with E-state index in [1.165, 1.54) is 18.2 Å². The number of benzene rings is 1. The molecule has 0 aliphatic heterocycles. The summed E-state index contributed by atoms with van der Waals surface area (Å²) in [6.07, 6.45) is 0. The van der Waals surface area contributed by atoms with Crippen LogP contribution in [0.5, 0.6) is 0 Å². The molecule has 0 fully saturated rings. The second-order valence-corrected chi connectivity index (χ2v) is 3.93. The Kier molecular flexibility index (Phi) is 5.30. The molecule has 0 saturated heterocycles. The normalized spacial score (nSPS) is 11.3. The highest BCUT2D eigenvalue weighted by Crippen LogP contribution is 2.19. The molecular weight excluding hydrogens is 270 g/mol. The summed E-state index contributed by atoms with van der Waals surface area (Å²) in [5.41, 5.74) is 5.95. The Morgan fingerprint density at radius 3 is 2.84 bits per heavy atom. The molecule has 6 nitrogen and oxygen atoms in total. The quantitative estimate of drug-likeness (QED) is 0.634. The van der Waals surface area contributed by atoms with Crippen LogP contribution in [0.25, 0.3) is 0 Å². The van der Waals surface area contributed by atoms with E-state index in [-0.39, 0.29) is 17.2 Å². The van der Waals surface area contributed by atoms with Crippen LogP contribution < -0.4 is 11.1 Å². The summed E-state index contributed by atoms with van der Waals surface area (Å²) < 4.78 is 4.63. The number of ether oxygens (including phenoxy) is 1. The Labute approximate surface area is 115 Å². The molecule has 1 atom stereocenters. The molecule has 1 aromatic rings. The van der Waals surface area contributed by atoms with E-state index in [0.29, 0.717) is 5.69 Å². The molecular formula is C12H12ClN3O3. The molecule has 19 heavy (non-hydrogen) atoms. The van der Waals surface area contributed by atoms with E-state index in [1.807, 2.05) is 6.07 Å². The van der Waals surface area contributed by atoms with E-state index >= 15 is 0 Å². The maximum Gasteiger partial charge on any atom is 0.332 e. The molecule has 7 heteroatoms. The van der Waals surface area contributed by atoms with Gasteiger partial charge in [0.2, 0.25) is 0 Å². The van der Waals surface area contributed by atoms with Crippen LogP contribution in [0, 0.1) is 11.3 Å². The number of rotatable bonds is 4. The largest absolute Gasteiger partial charge is 0.464 e. The highest BCUT2D eigenvalue weighted by molar-refractivity contribution is 6.31. The van der Waals surface area contributed by atoms with Gasteiger partial charge in [0.25, 0.3) is 5.91 Å². The lowest BCUT2D eigenvalue weighted by Crippen LogP contribution is -2.43. The van der Waals surface area contributed by atoms with Crippen LogP contribution in [-0.4, -0.2) is 24.5 Å². The first-order valence-electron chi connectivity index (χ1n) is 5.42. The SMILES string of the molecule is CCOC(=O)C(N)C(=O)Nc1ccc(Cl)c(C#N)c1. The van der Waals surface area contributed by atoms with E-state index in [9.17, 15) is 9.59 Å². The summed E-state index contributed by atoms with van der Waals surface area (Å²) in [7, 11) is 0. The fraction of sp³-hybridized carbons (Fsp3) is 0.250. The average Bonchev–Trinajstić information content (AvgIpc) is 2.40. The first-order chi connectivity index (χ1) is 8.99. The van der Waals surface area contributed by atoms with Gasteiger partial charge >= 0.3 is 5.97 Å². The van der Waals surface area contributed by atoms with Gasteiger partial charge in [-0.25, -0.2) is 4.79 Å². The monoisotopic (exact) mass is 281 g/mol. The van der Waals surface area contributed by atoms with Crippen molar-refractivity contribution in [3.05, 3.63) is 28.8 Å². The van der Waals surface area contributed by atoms with Gasteiger partial charge in [-0.05, 0) is 25.1 Å². The van der Waals surface area contributed by atoms with E-state index < -0.39 is 17.9 Å². The minimum atomic E-state index is -1.42. The molecule has 1 rings (SSSR count). The van der Waals surface area contributed by atoms with Gasteiger partial charge < -0.3 is 15.8 Å². The number of hydrogen-bond acceptors (Lipinski definition) is 5. The number of nitrogens with zero attached hydrogens (tertiary/aromatic N) is 1. The Morgan fingerprint density at radius 2 is 2.26 bits per heavy atom. The lowest BCUT2D eigenvalue weighted by atomic mass is 10.2. The first-order valence-corrected chi connectivity index (χ1v) is 5.80. The molecule has 0 aliphatic carbocycles. The molecule has 100 valence electrons. The lowest BCUT2D eigenvalue weighted by molar-refractivity contribution is -0.146. The van der Waals surface area contributed by atoms with Crippen molar-refractivity contribution >= 4 is 29.2 Å². The minimum absolute atomic E-state index is 0.138. The molecule has 0 heterocycles. The van der Waals surface area contributed by atoms with E-state index in [0.717, 1.165) is 0 Å². The van der Waals surface area contributed by atoms with Gasteiger partial charge in [-0.15, -0.1) is 0 Å². The Morgan fingerprint density at radius 1 is 1.58 bits per heavy atom. The van der Waals surface area contributed by atoms with Gasteiger partial charge in [-0.2, -0.15) is 5.26 Å². The Hall–Kier alpha value is -2.10. The number of carbonyl (C=O) groups excluding carboxylic acids is 2. The number of anilines is 1. The summed E-state index contributed by atoms with van der Waals surface area (Å²) in [5.74, 6) is -1.53. The van der Waals surface area contributed by atoms with Crippen LogP contribution in [0.3, 0.4) is 0 Å². The number of amides is 1. The summed E-state index contributed by atoms with van der Waals surface area (Å²) in [6.45, 7) is 1.75. The van der Waals surface area contributed by atoms with Crippen molar-refractivity contribution in [2.75, 3.05) is 11.9 Å². The van der Waals surface area contributed by atoms with Crippen molar-refractivity contribution in [1.82, 2.24) is 0 Å². The van der Waals surface area contributed by atoms with E-state index in [4.69, 9.17) is 22.6 Å². The minimum Gasteiger partial charge on any atom is -0.464 e. The van der Waals surface area contributed by atoms with Crippen molar-refractivity contribution in [2.24, 2.45) is 5.73 Å². The third-order valence-electron chi connectivity index (χ3n) is 2.18. The molecule has 3 N–H and O–H groups in total. The molecule has 0 radical (unpaired) electrons.